The summed E-state index contributed by atoms with van der Waals surface area (Å²) in [6.45, 7) is 0. The van der Waals surface area contributed by atoms with Gasteiger partial charge >= 0.3 is 0 Å². The summed E-state index contributed by atoms with van der Waals surface area (Å²) in [6.07, 6.45) is 1.68. The molecule has 0 saturated carbocycles. The van der Waals surface area contributed by atoms with Crippen molar-refractivity contribution in [1.82, 2.24) is 0 Å². The summed E-state index contributed by atoms with van der Waals surface area (Å²) in [7, 11) is 0. The van der Waals surface area contributed by atoms with Crippen LogP contribution in [0, 0.1) is 0 Å². The molecule has 4 rings (SSSR count). The fourth-order valence-electron chi connectivity index (χ4n) is 2.56. The summed E-state index contributed by atoms with van der Waals surface area (Å²) in [5, 5.41) is 8.60. The highest BCUT2D eigenvalue weighted by molar-refractivity contribution is 6.03. The summed E-state index contributed by atoms with van der Waals surface area (Å²) < 4.78 is 5.73. The number of para-hydroxylation sites is 1. The number of rotatable bonds is 2. The van der Waals surface area contributed by atoms with Gasteiger partial charge in [-0.15, -0.1) is 0 Å². The average Bonchev–Trinajstić information content (AvgIpc) is 2.60. The molecule has 106 valence electrons. The van der Waals surface area contributed by atoms with Gasteiger partial charge in [-0.1, -0.05) is 48.5 Å². The highest BCUT2D eigenvalue weighted by Gasteiger charge is 2.03. The molecule has 0 bridgehead atoms. The molecule has 0 aliphatic heterocycles. The van der Waals surface area contributed by atoms with Crippen LogP contribution in [0.25, 0.3) is 21.7 Å². The van der Waals surface area contributed by atoms with Crippen LogP contribution in [0.1, 0.15) is 0 Å². The molecule has 1 heterocycles. The summed E-state index contributed by atoms with van der Waals surface area (Å²) >= 11 is 0. The molecule has 0 aliphatic carbocycles. The van der Waals surface area contributed by atoms with E-state index in [9.17, 15) is 0 Å². The lowest BCUT2D eigenvalue weighted by Gasteiger charge is -2.03. The van der Waals surface area contributed by atoms with Crippen molar-refractivity contribution in [2.75, 3.05) is 5.43 Å². The fourth-order valence-corrected chi connectivity index (χ4v) is 2.56. The maximum atomic E-state index is 5.73. The van der Waals surface area contributed by atoms with Crippen LogP contribution in [0.4, 0.5) is 5.69 Å². The molecule has 3 heteroatoms. The van der Waals surface area contributed by atoms with Crippen LogP contribution in [0.2, 0.25) is 0 Å². The summed E-state index contributed by atoms with van der Waals surface area (Å²) in [4.78, 5) is 0. The van der Waals surface area contributed by atoms with Gasteiger partial charge < -0.3 is 4.42 Å². The van der Waals surface area contributed by atoms with E-state index in [-0.39, 0.29) is 0 Å². The molecule has 1 N–H and O–H groups in total. The molecule has 1 aromatic heterocycles. The first-order chi connectivity index (χ1) is 10.9. The zero-order valence-electron chi connectivity index (χ0n) is 11.9. The minimum Gasteiger partial charge on any atom is -0.464 e. The Labute approximate surface area is 127 Å². The Morgan fingerprint density at radius 2 is 1.55 bits per heavy atom. The quantitative estimate of drug-likeness (QED) is 0.435. The summed E-state index contributed by atoms with van der Waals surface area (Å²) in [5.41, 5.74) is 4.90. The summed E-state index contributed by atoms with van der Waals surface area (Å²) in [5.74, 6) is 0. The monoisotopic (exact) mass is 286 g/mol. The Hall–Kier alpha value is -3.07. The largest absolute Gasteiger partial charge is 0.464 e. The van der Waals surface area contributed by atoms with Gasteiger partial charge in [0.1, 0.15) is 5.58 Å². The third-order valence-electron chi connectivity index (χ3n) is 3.65. The number of hydrogen-bond acceptors (Lipinski definition) is 3. The van der Waals surface area contributed by atoms with Gasteiger partial charge in [0, 0.05) is 16.8 Å². The van der Waals surface area contributed by atoms with Crippen LogP contribution >= 0.6 is 0 Å². The maximum Gasteiger partial charge on any atom is 0.143 e. The smallest absolute Gasteiger partial charge is 0.143 e. The second-order valence-electron chi connectivity index (χ2n) is 5.06. The molecule has 3 aromatic carbocycles. The second-order valence-corrected chi connectivity index (χ2v) is 5.06. The lowest BCUT2D eigenvalue weighted by atomic mass is 10.1. The van der Waals surface area contributed by atoms with E-state index < -0.39 is 0 Å². The Morgan fingerprint density at radius 1 is 0.727 bits per heavy atom. The lowest BCUT2D eigenvalue weighted by molar-refractivity contribution is 0.605. The zero-order valence-corrected chi connectivity index (χ0v) is 11.9. The third-order valence-corrected chi connectivity index (χ3v) is 3.65. The van der Waals surface area contributed by atoms with E-state index in [1.54, 1.807) is 6.26 Å². The molecular weight excluding hydrogens is 272 g/mol. The Morgan fingerprint density at radius 3 is 2.45 bits per heavy atom. The van der Waals surface area contributed by atoms with E-state index in [0.29, 0.717) is 0 Å². The highest BCUT2D eigenvalue weighted by atomic mass is 16.3. The van der Waals surface area contributed by atoms with Crippen molar-refractivity contribution < 1.29 is 4.42 Å². The Balaban J connectivity index is 1.90. The fraction of sp³-hybridized carbons (Fsp3) is 0. The SMILES string of the molecule is c1ccc(N/N=c2\ccoc3c2ccc2ccccc23)cc1. The first-order valence-electron chi connectivity index (χ1n) is 7.16. The first-order valence-corrected chi connectivity index (χ1v) is 7.16. The van der Waals surface area contributed by atoms with Crippen LogP contribution < -0.4 is 10.8 Å². The number of fused-ring (bicyclic) bond motifs is 3. The maximum absolute atomic E-state index is 5.73. The van der Waals surface area contributed by atoms with Gasteiger partial charge in [0.2, 0.25) is 0 Å². The minimum absolute atomic E-state index is 0.856. The van der Waals surface area contributed by atoms with Gasteiger partial charge in [-0.25, -0.2) is 0 Å². The van der Waals surface area contributed by atoms with Crippen LogP contribution in [-0.4, -0.2) is 0 Å². The normalized spacial score (nSPS) is 11.9. The molecule has 22 heavy (non-hydrogen) atoms. The van der Waals surface area contributed by atoms with Gasteiger partial charge in [-0.3, -0.25) is 5.43 Å². The molecule has 3 nitrogen and oxygen atoms in total. The van der Waals surface area contributed by atoms with Crippen LogP contribution in [-0.2, 0) is 0 Å². The van der Waals surface area contributed by atoms with Gasteiger partial charge in [0.15, 0.2) is 0 Å². The van der Waals surface area contributed by atoms with Gasteiger partial charge in [0.05, 0.1) is 17.3 Å². The van der Waals surface area contributed by atoms with E-state index >= 15 is 0 Å². The van der Waals surface area contributed by atoms with Gasteiger partial charge in [0.25, 0.3) is 0 Å². The topological polar surface area (TPSA) is 37.5 Å². The standard InChI is InChI=1S/C19H14N2O/c1-2-7-15(8-3-1)20-21-18-12-13-22-19-16-9-5-4-6-14(16)10-11-17(18)19/h1-13,20H/b21-18+. The average molecular weight is 286 g/mol. The Kier molecular flexibility index (Phi) is 3.09. The van der Waals surface area contributed by atoms with Crippen molar-refractivity contribution in [1.29, 1.82) is 0 Å². The van der Waals surface area contributed by atoms with Gasteiger partial charge in [-0.05, 0) is 23.6 Å². The molecule has 4 aromatic rings. The molecule has 0 saturated heterocycles. The van der Waals surface area contributed by atoms with Crippen LogP contribution in [0.5, 0.6) is 0 Å². The molecule has 0 radical (unpaired) electrons. The number of nitrogens with one attached hydrogen (secondary N) is 1. The lowest BCUT2D eigenvalue weighted by Crippen LogP contribution is -2.06. The molecule has 0 unspecified atom stereocenters. The predicted octanol–water partition coefficient (Wildman–Crippen LogP) is 4.51. The molecular formula is C19H14N2O. The van der Waals surface area contributed by atoms with Crippen molar-refractivity contribution >= 4 is 27.4 Å². The summed E-state index contributed by atoms with van der Waals surface area (Å²) in [6, 6.07) is 24.1. The molecule has 0 atom stereocenters. The van der Waals surface area contributed by atoms with E-state index in [0.717, 1.165) is 32.8 Å². The van der Waals surface area contributed by atoms with Crippen molar-refractivity contribution in [3.63, 3.8) is 0 Å². The van der Waals surface area contributed by atoms with Crippen molar-refractivity contribution in [2.45, 2.75) is 0 Å². The van der Waals surface area contributed by atoms with Crippen molar-refractivity contribution in [3.8, 4) is 0 Å². The van der Waals surface area contributed by atoms with Crippen molar-refractivity contribution in [2.24, 2.45) is 5.10 Å². The zero-order chi connectivity index (χ0) is 14.8. The third kappa shape index (κ3) is 2.23. The Bertz CT molecular complexity index is 1000. The number of benzene rings is 3. The van der Waals surface area contributed by atoms with E-state index in [2.05, 4.69) is 28.7 Å². The predicted molar refractivity (Wildman–Crippen MR) is 89.3 cm³/mol. The van der Waals surface area contributed by atoms with E-state index in [1.165, 1.54) is 0 Å². The van der Waals surface area contributed by atoms with E-state index in [4.69, 9.17) is 4.42 Å². The minimum atomic E-state index is 0.856. The molecule has 0 spiro atoms. The van der Waals surface area contributed by atoms with Crippen LogP contribution in [0.3, 0.4) is 0 Å². The number of hydrogen-bond donors (Lipinski definition) is 1. The molecule has 0 amide bonds. The van der Waals surface area contributed by atoms with Gasteiger partial charge in [-0.2, -0.15) is 5.10 Å². The van der Waals surface area contributed by atoms with E-state index in [1.807, 2.05) is 54.6 Å². The van der Waals surface area contributed by atoms with Crippen LogP contribution in [0.15, 0.2) is 88.6 Å². The number of nitrogens with zero attached hydrogens (tertiary/aromatic N) is 1. The van der Waals surface area contributed by atoms with Crippen molar-refractivity contribution in [3.05, 3.63) is 84.4 Å². The number of anilines is 1. The molecule has 0 fully saturated rings. The highest BCUT2D eigenvalue weighted by Crippen LogP contribution is 2.22. The first kappa shape index (κ1) is 12.7. The molecule has 0 aliphatic rings. The second kappa shape index (κ2) is 5.37.